The Morgan fingerprint density at radius 1 is 1.47 bits per heavy atom. The van der Waals surface area contributed by atoms with Crippen LogP contribution >= 0.6 is 0 Å². The fourth-order valence-corrected chi connectivity index (χ4v) is 1.99. The van der Waals surface area contributed by atoms with Crippen molar-refractivity contribution in [3.05, 3.63) is 29.3 Å². The number of benzene rings is 1. The second kappa shape index (κ2) is 3.55. The van der Waals surface area contributed by atoms with Gasteiger partial charge in [0, 0.05) is 12.6 Å². The van der Waals surface area contributed by atoms with Crippen molar-refractivity contribution < 1.29 is 18.7 Å². The van der Waals surface area contributed by atoms with Crippen molar-refractivity contribution in [1.29, 1.82) is 0 Å². The molecule has 0 saturated carbocycles. The number of methoxy groups -OCH3 is 1. The number of esters is 1. The van der Waals surface area contributed by atoms with E-state index in [0.29, 0.717) is 5.69 Å². The van der Waals surface area contributed by atoms with Gasteiger partial charge in [0.25, 0.3) is 5.91 Å². The lowest BCUT2D eigenvalue weighted by atomic mass is 9.98. The van der Waals surface area contributed by atoms with E-state index in [1.807, 2.05) is 0 Å². The second-order valence-electron chi connectivity index (χ2n) is 4.09. The minimum absolute atomic E-state index is 0.202. The number of amides is 1. The molecule has 0 bridgehead atoms. The van der Waals surface area contributed by atoms with Gasteiger partial charge in [-0.3, -0.25) is 4.79 Å². The summed E-state index contributed by atoms with van der Waals surface area (Å²) in [5.74, 6) is -1.18. The highest BCUT2D eigenvalue weighted by Gasteiger charge is 2.46. The molecule has 0 N–H and O–H groups in total. The van der Waals surface area contributed by atoms with Crippen LogP contribution in [0.3, 0.4) is 0 Å². The molecule has 1 heterocycles. The predicted molar refractivity (Wildman–Crippen MR) is 59.7 cm³/mol. The van der Waals surface area contributed by atoms with Crippen LogP contribution in [0, 0.1) is 0 Å². The zero-order chi connectivity index (χ0) is 12.8. The number of carbonyl (C=O) groups is 2. The largest absolute Gasteiger partial charge is 0.465 e. The molecule has 90 valence electrons. The second-order valence-corrected chi connectivity index (χ2v) is 4.09. The van der Waals surface area contributed by atoms with Crippen molar-refractivity contribution >= 4 is 17.6 Å². The van der Waals surface area contributed by atoms with E-state index in [4.69, 9.17) is 0 Å². The molecule has 0 radical (unpaired) electrons. The van der Waals surface area contributed by atoms with Gasteiger partial charge in [-0.2, -0.15) is 0 Å². The van der Waals surface area contributed by atoms with Gasteiger partial charge < -0.3 is 9.64 Å². The number of hydrogen-bond donors (Lipinski definition) is 0. The molecule has 1 aliphatic rings. The van der Waals surface area contributed by atoms with Crippen LogP contribution in [0.4, 0.5) is 10.1 Å². The molecule has 17 heavy (non-hydrogen) atoms. The fourth-order valence-electron chi connectivity index (χ4n) is 1.99. The first-order valence-electron chi connectivity index (χ1n) is 5.09. The lowest BCUT2D eigenvalue weighted by Gasteiger charge is -2.12. The van der Waals surface area contributed by atoms with Gasteiger partial charge in [-0.25, -0.2) is 9.18 Å². The van der Waals surface area contributed by atoms with Gasteiger partial charge in [0.05, 0.1) is 18.4 Å². The first kappa shape index (κ1) is 11.6. The van der Waals surface area contributed by atoms with Gasteiger partial charge in [-0.15, -0.1) is 0 Å². The van der Waals surface area contributed by atoms with Crippen LogP contribution in [0.1, 0.15) is 22.8 Å². The van der Waals surface area contributed by atoms with Crippen LogP contribution in [0.2, 0.25) is 0 Å². The molecule has 0 aromatic heterocycles. The van der Waals surface area contributed by atoms with Gasteiger partial charge >= 0.3 is 5.97 Å². The molecular weight excluding hydrogens is 225 g/mol. The first-order valence-corrected chi connectivity index (χ1v) is 5.09. The molecule has 4 nitrogen and oxygen atoms in total. The summed E-state index contributed by atoms with van der Waals surface area (Å²) in [5.41, 5.74) is -1.17. The van der Waals surface area contributed by atoms with E-state index in [1.54, 1.807) is 6.07 Å². The number of halogens is 1. The van der Waals surface area contributed by atoms with Crippen molar-refractivity contribution in [3.8, 4) is 0 Å². The molecule has 2 rings (SSSR count). The number of carbonyl (C=O) groups excluding carboxylic acids is 2. The third kappa shape index (κ3) is 1.50. The Bertz CT molecular complexity index is 510. The number of anilines is 1. The van der Waals surface area contributed by atoms with Gasteiger partial charge in [0.2, 0.25) is 5.67 Å². The Balaban J connectivity index is 2.58. The topological polar surface area (TPSA) is 46.6 Å². The average molecular weight is 237 g/mol. The smallest absolute Gasteiger partial charge is 0.337 e. The summed E-state index contributed by atoms with van der Waals surface area (Å²) >= 11 is 0. The highest BCUT2D eigenvalue weighted by molar-refractivity contribution is 6.07. The maximum absolute atomic E-state index is 14.3. The molecule has 0 spiro atoms. The Hall–Kier alpha value is -1.91. The Morgan fingerprint density at radius 3 is 2.71 bits per heavy atom. The van der Waals surface area contributed by atoms with Crippen molar-refractivity contribution in [2.75, 3.05) is 19.1 Å². The fraction of sp³-hybridized carbons (Fsp3) is 0.333. The van der Waals surface area contributed by atoms with E-state index in [2.05, 4.69) is 4.74 Å². The molecule has 5 heteroatoms. The number of alkyl halides is 1. The van der Waals surface area contributed by atoms with E-state index in [0.717, 1.165) is 0 Å². The highest BCUT2D eigenvalue weighted by atomic mass is 19.1. The van der Waals surface area contributed by atoms with E-state index in [9.17, 15) is 14.0 Å². The third-order valence-corrected chi connectivity index (χ3v) is 2.99. The molecule has 1 unspecified atom stereocenters. The van der Waals surface area contributed by atoms with Crippen LogP contribution in [0.25, 0.3) is 0 Å². The SMILES string of the molecule is COC(=O)c1ccc2c(c1)C(C)(F)C(=O)N2C. The molecule has 1 atom stereocenters. The molecule has 1 aromatic carbocycles. The van der Waals surface area contributed by atoms with Crippen LogP contribution in [-0.4, -0.2) is 26.0 Å². The Kier molecular flexibility index (Phi) is 2.41. The summed E-state index contributed by atoms with van der Waals surface area (Å²) < 4.78 is 18.8. The summed E-state index contributed by atoms with van der Waals surface area (Å²) in [6, 6.07) is 4.42. The number of likely N-dealkylation sites (N-methyl/N-ethyl adjacent to an activating group) is 1. The van der Waals surface area contributed by atoms with Gasteiger partial charge in [0.15, 0.2) is 0 Å². The van der Waals surface area contributed by atoms with Crippen molar-refractivity contribution in [1.82, 2.24) is 0 Å². The van der Waals surface area contributed by atoms with Crippen molar-refractivity contribution in [3.63, 3.8) is 0 Å². The maximum Gasteiger partial charge on any atom is 0.337 e. The average Bonchev–Trinajstić information content (AvgIpc) is 2.50. The first-order chi connectivity index (χ1) is 7.89. The van der Waals surface area contributed by atoms with E-state index < -0.39 is 17.5 Å². The quantitative estimate of drug-likeness (QED) is 0.697. The third-order valence-electron chi connectivity index (χ3n) is 2.99. The number of rotatable bonds is 1. The number of ether oxygens (including phenoxy) is 1. The summed E-state index contributed by atoms with van der Waals surface area (Å²) in [4.78, 5) is 24.3. The maximum atomic E-state index is 14.3. The summed E-state index contributed by atoms with van der Waals surface area (Å²) in [6.07, 6.45) is 0. The molecule has 0 aliphatic carbocycles. The highest BCUT2D eigenvalue weighted by Crippen LogP contribution is 2.42. The number of nitrogens with zero attached hydrogens (tertiary/aromatic N) is 1. The van der Waals surface area contributed by atoms with Gasteiger partial charge in [-0.1, -0.05) is 0 Å². The molecule has 1 aromatic rings. The number of hydrogen-bond acceptors (Lipinski definition) is 3. The molecule has 0 saturated heterocycles. The molecular formula is C12H12FNO3. The standard InChI is InChI=1S/C12H12FNO3/c1-12(13)8-6-7(10(15)17-3)4-5-9(8)14(2)11(12)16/h4-6H,1-3H3. The lowest BCUT2D eigenvalue weighted by Crippen LogP contribution is -2.32. The zero-order valence-electron chi connectivity index (χ0n) is 9.78. The van der Waals surface area contributed by atoms with Crippen LogP contribution in [0.15, 0.2) is 18.2 Å². The minimum atomic E-state index is -2.09. The summed E-state index contributed by atoms with van der Waals surface area (Å²) in [7, 11) is 2.76. The molecule has 1 amide bonds. The monoisotopic (exact) mass is 237 g/mol. The van der Waals surface area contributed by atoms with Gasteiger partial charge in [-0.05, 0) is 25.1 Å². The lowest BCUT2D eigenvalue weighted by molar-refractivity contribution is -0.127. The van der Waals surface area contributed by atoms with E-state index in [-0.39, 0.29) is 11.1 Å². The van der Waals surface area contributed by atoms with Crippen LogP contribution in [-0.2, 0) is 15.2 Å². The van der Waals surface area contributed by atoms with E-state index >= 15 is 0 Å². The predicted octanol–water partition coefficient (Wildman–Crippen LogP) is 1.63. The van der Waals surface area contributed by atoms with Crippen molar-refractivity contribution in [2.24, 2.45) is 0 Å². The molecule has 1 aliphatic heterocycles. The Labute approximate surface area is 98.0 Å². The van der Waals surface area contributed by atoms with Crippen LogP contribution < -0.4 is 4.90 Å². The summed E-state index contributed by atoms with van der Waals surface area (Å²) in [6.45, 7) is 1.19. The van der Waals surface area contributed by atoms with E-state index in [1.165, 1.54) is 38.1 Å². The Morgan fingerprint density at radius 2 is 2.12 bits per heavy atom. The number of fused-ring (bicyclic) bond motifs is 1. The normalized spacial score (nSPS) is 22.6. The zero-order valence-corrected chi connectivity index (χ0v) is 9.78. The molecule has 0 fully saturated rings. The van der Waals surface area contributed by atoms with Gasteiger partial charge in [0.1, 0.15) is 0 Å². The van der Waals surface area contributed by atoms with Crippen molar-refractivity contribution in [2.45, 2.75) is 12.6 Å². The van der Waals surface area contributed by atoms with Crippen LogP contribution in [0.5, 0.6) is 0 Å². The summed E-state index contributed by atoms with van der Waals surface area (Å²) in [5, 5.41) is 0. The minimum Gasteiger partial charge on any atom is -0.465 e.